The van der Waals surface area contributed by atoms with Crippen molar-refractivity contribution in [2.45, 2.75) is 357 Å². The normalized spacial score (nSPS) is 39.1. The zero-order valence-corrected chi connectivity index (χ0v) is 56.5. The molecule has 94 heavy (non-hydrogen) atoms. The Labute approximate surface area is 553 Å². The first-order chi connectivity index (χ1) is 45.0. The van der Waals surface area contributed by atoms with E-state index in [1.54, 1.807) is 51.1 Å². The van der Waals surface area contributed by atoms with Gasteiger partial charge in [0.05, 0.1) is 42.5 Å². The van der Waals surface area contributed by atoms with Gasteiger partial charge in [-0.05, 0) is 71.9 Å². The fourth-order valence-electron chi connectivity index (χ4n) is 12.8. The smallest absolute Gasteiger partial charge is 0.331 e. The van der Waals surface area contributed by atoms with Crippen LogP contribution in [0.15, 0.2) is 36.4 Å². The third-order valence-electron chi connectivity index (χ3n) is 18.6. The number of aliphatic hydroxyl groups is 7. The maximum absolute atomic E-state index is 14.5. The maximum Gasteiger partial charge on any atom is 0.331 e. The first-order valence-electron chi connectivity index (χ1n) is 34.9. The Morgan fingerprint density at radius 2 is 1.05 bits per heavy atom. The van der Waals surface area contributed by atoms with E-state index in [0.717, 1.165) is 96.0 Å². The maximum atomic E-state index is 14.5. The Bertz CT molecular complexity index is 2440. The largest absolute Gasteiger partial charge is 0.456 e. The molecule has 25 heteroatoms. The van der Waals surface area contributed by atoms with Gasteiger partial charge in [-0.25, -0.2) is 4.79 Å². The molecular formula is C69H110O25. The van der Waals surface area contributed by atoms with Gasteiger partial charge in [0.2, 0.25) is 0 Å². The monoisotopic (exact) mass is 1340 g/mol. The number of hydrogen-bond donors (Lipinski definition) is 7. The average molecular weight is 1340 g/mol. The lowest BCUT2D eigenvalue weighted by molar-refractivity contribution is -0.399. The number of rotatable bonds is 24. The Hall–Kier alpha value is -3.84. The third-order valence-corrected chi connectivity index (χ3v) is 18.6. The summed E-state index contributed by atoms with van der Waals surface area (Å²) in [5.74, 6) is -3.76. The van der Waals surface area contributed by atoms with Gasteiger partial charge in [-0.3, -0.25) is 14.4 Å². The first-order valence-corrected chi connectivity index (χ1v) is 34.9. The average Bonchev–Trinajstić information content (AvgIpc) is 0.769. The van der Waals surface area contributed by atoms with Crippen molar-refractivity contribution in [3.63, 3.8) is 0 Å². The molecule has 0 aliphatic carbocycles. The molecule has 25 nitrogen and oxygen atoms in total. The number of carbonyl (C=O) groups is 4. The number of unbranched alkanes of at least 4 members (excludes halogenated alkanes) is 8. The molecule has 6 aliphatic heterocycles. The summed E-state index contributed by atoms with van der Waals surface area (Å²) in [5, 5.41) is 81.7. The Kier molecular flexibility index (Phi) is 31.7. The van der Waals surface area contributed by atoms with Crippen molar-refractivity contribution in [3.05, 3.63) is 42.0 Å². The highest BCUT2D eigenvalue weighted by Crippen LogP contribution is 2.40. The SMILES string of the molecule is CCCCCCCCCC(=O)O[C@H]1[C@H](O[C@@H]2[C@@H](O)[C@H]3OC(=O)CCCCCCCCCC(CCCCC)O[C@@H]4O[C@H](C)[C@H](O)[C@H](O)[C@H]4O[C@@H]3O[C@H]2C)O[C@@H](C)[C@H](O[C@@H]2O[C@@H](C)[C@H](OC(=O)C(C)C)[C@@H](O)[C@H]2OC(=O)/C=C/c2ccccc2)[C@H]1O[C@@H]1O[C@@H](C)[C@H](O)[C@@H](O)[C@H]1O. The molecular weight excluding hydrogens is 1230 g/mol. The fraction of sp³-hybridized carbons (Fsp3) is 0.826. The highest BCUT2D eigenvalue weighted by molar-refractivity contribution is 5.87. The Balaban J connectivity index is 1.26. The van der Waals surface area contributed by atoms with E-state index in [9.17, 15) is 54.9 Å². The highest BCUT2D eigenvalue weighted by atomic mass is 16.8. The first kappa shape index (κ1) is 77.5. The second-order valence-corrected chi connectivity index (χ2v) is 26.6. The zero-order valence-electron chi connectivity index (χ0n) is 56.5. The minimum Gasteiger partial charge on any atom is -0.456 e. The summed E-state index contributed by atoms with van der Waals surface area (Å²) < 4.78 is 89.5. The minimum atomic E-state index is -1.95. The van der Waals surface area contributed by atoms with E-state index in [2.05, 4.69) is 13.8 Å². The van der Waals surface area contributed by atoms with Crippen LogP contribution in [0.4, 0.5) is 0 Å². The van der Waals surface area contributed by atoms with Crippen molar-refractivity contribution < 1.29 is 121 Å². The van der Waals surface area contributed by atoms with Gasteiger partial charge < -0.3 is 102 Å². The number of hydrogen-bond acceptors (Lipinski definition) is 25. The van der Waals surface area contributed by atoms with Crippen LogP contribution in [-0.4, -0.2) is 219 Å². The van der Waals surface area contributed by atoms with Crippen molar-refractivity contribution >= 4 is 30.0 Å². The van der Waals surface area contributed by atoms with Gasteiger partial charge in [0, 0.05) is 18.9 Å². The van der Waals surface area contributed by atoms with E-state index in [1.807, 2.05) is 0 Å². The lowest BCUT2D eigenvalue weighted by atomic mass is 9.95. The topological polar surface area (TPSA) is 339 Å². The predicted molar refractivity (Wildman–Crippen MR) is 336 cm³/mol. The van der Waals surface area contributed by atoms with Gasteiger partial charge in [-0.15, -0.1) is 0 Å². The van der Waals surface area contributed by atoms with E-state index in [4.69, 9.17) is 66.3 Å². The van der Waals surface area contributed by atoms with Crippen LogP contribution in [-0.2, 0) is 85.5 Å². The van der Waals surface area contributed by atoms with Crippen molar-refractivity contribution in [3.8, 4) is 0 Å². The molecule has 6 heterocycles. The van der Waals surface area contributed by atoms with Crippen LogP contribution in [0.2, 0.25) is 0 Å². The molecule has 0 radical (unpaired) electrons. The van der Waals surface area contributed by atoms with Crippen LogP contribution in [0.3, 0.4) is 0 Å². The van der Waals surface area contributed by atoms with Gasteiger partial charge >= 0.3 is 23.9 Å². The predicted octanol–water partition coefficient (Wildman–Crippen LogP) is 6.42. The van der Waals surface area contributed by atoms with Crippen molar-refractivity contribution in [2.75, 3.05) is 0 Å². The summed E-state index contributed by atoms with van der Waals surface area (Å²) in [6.45, 7) is 15.0. The van der Waals surface area contributed by atoms with E-state index < -0.39 is 183 Å². The molecule has 0 spiro atoms. The highest BCUT2D eigenvalue weighted by Gasteiger charge is 2.59. The molecule has 6 aliphatic rings. The molecule has 0 saturated carbocycles. The lowest BCUT2D eigenvalue weighted by Gasteiger charge is -2.51. The van der Waals surface area contributed by atoms with Crippen molar-refractivity contribution in [2.24, 2.45) is 5.92 Å². The van der Waals surface area contributed by atoms with E-state index in [-0.39, 0.29) is 18.9 Å². The fourth-order valence-corrected chi connectivity index (χ4v) is 12.8. The van der Waals surface area contributed by atoms with Gasteiger partial charge in [0.15, 0.2) is 55.9 Å². The van der Waals surface area contributed by atoms with Gasteiger partial charge in [0.1, 0.15) is 67.1 Å². The third kappa shape index (κ3) is 21.8. The van der Waals surface area contributed by atoms with Crippen molar-refractivity contribution in [1.82, 2.24) is 0 Å². The number of carbonyl (C=O) groups excluding carboxylic acids is 4. The van der Waals surface area contributed by atoms with Crippen molar-refractivity contribution in [1.29, 1.82) is 0 Å². The van der Waals surface area contributed by atoms with Crippen LogP contribution >= 0.6 is 0 Å². The molecule has 7 N–H and O–H groups in total. The quantitative estimate of drug-likeness (QED) is 0.0254. The summed E-state index contributed by atoms with van der Waals surface area (Å²) in [5.41, 5.74) is 0.643. The van der Waals surface area contributed by atoms with Crippen LogP contribution in [0, 0.1) is 5.92 Å². The second-order valence-electron chi connectivity index (χ2n) is 26.6. The van der Waals surface area contributed by atoms with Gasteiger partial charge in [-0.1, -0.05) is 154 Å². The van der Waals surface area contributed by atoms with E-state index >= 15 is 0 Å². The summed E-state index contributed by atoms with van der Waals surface area (Å²) in [4.78, 5) is 55.4. The van der Waals surface area contributed by atoms with E-state index in [0.29, 0.717) is 37.7 Å². The molecule has 7 rings (SSSR count). The molecule has 0 aromatic heterocycles. The Morgan fingerprint density at radius 1 is 0.500 bits per heavy atom. The van der Waals surface area contributed by atoms with E-state index in [1.165, 1.54) is 33.8 Å². The molecule has 1 aromatic rings. The summed E-state index contributed by atoms with van der Waals surface area (Å²) in [6.07, 6.45) is -20.6. The minimum absolute atomic E-state index is 0.0395. The molecule has 0 bridgehead atoms. The molecule has 536 valence electrons. The number of fused-ring (bicyclic) bond motifs is 2. The van der Waals surface area contributed by atoms with Crippen LogP contribution in [0.5, 0.6) is 0 Å². The molecule has 26 atom stereocenters. The van der Waals surface area contributed by atoms with Crippen LogP contribution in [0.1, 0.15) is 203 Å². The standard InChI is InChI=1S/C69H110O25/c1-10-12-14-15-17-21-29-35-47(71)89-63-62(94-65-53(77)51(75)49(73)39(5)81-65)58(92-67-60(88-48(72)37-36-44-30-25-23-26-31-44)54(78)56(41(7)83-67)90-64(80)38(3)4)43(9)85-69(63)91-57-42(8)84-68-61(55(57)79)87-46(70)34-28-22-19-16-18-20-27-33-45(32-24-13-11-2)86-66-59(93-68)52(76)50(74)40(6)82-66/h23,25-26,30-31,36-43,45,49-63,65-69,73-79H,10-22,24,27-29,32-35H2,1-9H3/b37-36+/t39-,40+,41-,42-,43-,45?,49-,50-,51+,52-,53+,54+,55+,56-,57-,58-,59+,60+,61+,62+,63+,65-,66-,67-,68-,69-/m0/s1. The molecule has 0 amide bonds. The van der Waals surface area contributed by atoms with Gasteiger partial charge in [-0.2, -0.15) is 0 Å². The lowest BCUT2D eigenvalue weighted by Crippen LogP contribution is -2.68. The summed E-state index contributed by atoms with van der Waals surface area (Å²) in [6, 6.07) is 8.84. The number of esters is 4. The number of benzene rings is 1. The Morgan fingerprint density at radius 3 is 1.74 bits per heavy atom. The van der Waals surface area contributed by atoms with Gasteiger partial charge in [0.25, 0.3) is 0 Å². The molecule has 1 aromatic carbocycles. The molecule has 6 saturated heterocycles. The molecule has 1 unspecified atom stereocenters. The summed E-state index contributed by atoms with van der Waals surface area (Å²) in [7, 11) is 0. The number of ether oxygens (including phenoxy) is 14. The van der Waals surface area contributed by atoms with Crippen LogP contribution < -0.4 is 0 Å². The van der Waals surface area contributed by atoms with Crippen LogP contribution in [0.25, 0.3) is 6.08 Å². The zero-order chi connectivity index (χ0) is 68.2. The summed E-state index contributed by atoms with van der Waals surface area (Å²) >= 11 is 0. The number of aliphatic hydroxyl groups excluding tert-OH is 7. The second kappa shape index (κ2) is 38.5. The molecule has 6 fully saturated rings.